The summed E-state index contributed by atoms with van der Waals surface area (Å²) in [4.78, 5) is 1.33. The van der Waals surface area contributed by atoms with Gasteiger partial charge in [0.25, 0.3) is 6.43 Å². The van der Waals surface area contributed by atoms with E-state index in [1.54, 1.807) is 12.1 Å². The van der Waals surface area contributed by atoms with Crippen molar-refractivity contribution in [1.82, 2.24) is 0 Å². The molecule has 1 rings (SSSR count). The number of rotatable bonds is 3. The zero-order chi connectivity index (χ0) is 11.4. The van der Waals surface area contributed by atoms with Crippen molar-refractivity contribution in [2.24, 2.45) is 0 Å². The van der Waals surface area contributed by atoms with Gasteiger partial charge in [-0.3, -0.25) is 0 Å². The quantitative estimate of drug-likeness (QED) is 0.798. The van der Waals surface area contributed by atoms with Crippen molar-refractivity contribution in [3.8, 4) is 6.07 Å². The zero-order valence-corrected chi connectivity index (χ0v) is 8.80. The molecule has 0 aliphatic rings. The van der Waals surface area contributed by atoms with Gasteiger partial charge >= 0.3 is 0 Å². The van der Waals surface area contributed by atoms with Crippen LogP contribution in [0.4, 0.5) is 14.5 Å². The van der Waals surface area contributed by atoms with Crippen LogP contribution in [0.1, 0.15) is 5.56 Å². The SMILES string of the molecule is CN(CC(F)F)c1ccc(Cl)cc1C#N. The number of halogens is 3. The van der Waals surface area contributed by atoms with E-state index >= 15 is 0 Å². The lowest BCUT2D eigenvalue weighted by atomic mass is 10.2. The third-order valence-corrected chi connectivity index (χ3v) is 2.14. The lowest BCUT2D eigenvalue weighted by Crippen LogP contribution is -2.24. The molecule has 0 aliphatic carbocycles. The average Bonchev–Trinajstić information content (AvgIpc) is 2.16. The molecule has 0 N–H and O–H groups in total. The molecule has 15 heavy (non-hydrogen) atoms. The molecule has 0 aromatic heterocycles. The minimum Gasteiger partial charge on any atom is -0.368 e. The second-order valence-corrected chi connectivity index (χ2v) is 3.48. The molecule has 80 valence electrons. The van der Waals surface area contributed by atoms with E-state index in [2.05, 4.69) is 0 Å². The lowest BCUT2D eigenvalue weighted by molar-refractivity contribution is 0.156. The topological polar surface area (TPSA) is 27.0 Å². The highest BCUT2D eigenvalue weighted by atomic mass is 35.5. The van der Waals surface area contributed by atoms with Gasteiger partial charge in [-0.15, -0.1) is 0 Å². The van der Waals surface area contributed by atoms with Crippen LogP contribution in [0.25, 0.3) is 0 Å². The van der Waals surface area contributed by atoms with Crippen LogP contribution in [0.3, 0.4) is 0 Å². The Balaban J connectivity index is 2.99. The van der Waals surface area contributed by atoms with Crippen LogP contribution in [-0.2, 0) is 0 Å². The minimum absolute atomic E-state index is 0.297. The van der Waals surface area contributed by atoms with Crippen LogP contribution in [0.2, 0.25) is 5.02 Å². The molecule has 0 bridgehead atoms. The summed E-state index contributed by atoms with van der Waals surface area (Å²) in [5.74, 6) is 0. The van der Waals surface area contributed by atoms with Gasteiger partial charge in [-0.1, -0.05) is 11.6 Å². The van der Waals surface area contributed by atoms with E-state index in [4.69, 9.17) is 16.9 Å². The molecular weight excluding hydrogens is 222 g/mol. The Labute approximate surface area is 91.7 Å². The van der Waals surface area contributed by atoms with Gasteiger partial charge in [0.15, 0.2) is 0 Å². The van der Waals surface area contributed by atoms with Crippen molar-refractivity contribution in [2.45, 2.75) is 6.43 Å². The Morgan fingerprint density at radius 1 is 1.53 bits per heavy atom. The molecular formula is C10H9ClF2N2. The molecule has 0 atom stereocenters. The molecule has 5 heteroatoms. The third kappa shape index (κ3) is 3.07. The zero-order valence-electron chi connectivity index (χ0n) is 8.04. The Morgan fingerprint density at radius 2 is 2.20 bits per heavy atom. The van der Waals surface area contributed by atoms with Crippen LogP contribution in [-0.4, -0.2) is 20.0 Å². The van der Waals surface area contributed by atoms with Crippen molar-refractivity contribution >= 4 is 17.3 Å². The molecule has 1 aromatic rings. The maximum Gasteiger partial charge on any atom is 0.255 e. The van der Waals surface area contributed by atoms with E-state index in [1.165, 1.54) is 18.0 Å². The van der Waals surface area contributed by atoms with E-state index in [-0.39, 0.29) is 0 Å². The Kier molecular flexibility index (Phi) is 3.87. The highest BCUT2D eigenvalue weighted by Crippen LogP contribution is 2.23. The van der Waals surface area contributed by atoms with Crippen LogP contribution < -0.4 is 4.90 Å². The third-order valence-electron chi connectivity index (χ3n) is 1.90. The molecule has 0 heterocycles. The Bertz CT molecular complexity index is 387. The summed E-state index contributed by atoms with van der Waals surface area (Å²) in [7, 11) is 1.51. The molecule has 0 saturated carbocycles. The molecule has 0 aliphatic heterocycles. The number of benzene rings is 1. The van der Waals surface area contributed by atoms with E-state index in [0.717, 1.165) is 0 Å². The average molecular weight is 231 g/mol. The predicted molar refractivity (Wildman–Crippen MR) is 55.4 cm³/mol. The maximum absolute atomic E-state index is 12.1. The van der Waals surface area contributed by atoms with Gasteiger partial charge in [0.1, 0.15) is 6.07 Å². The summed E-state index contributed by atoms with van der Waals surface area (Å²) >= 11 is 5.69. The highest BCUT2D eigenvalue weighted by molar-refractivity contribution is 6.30. The fraction of sp³-hybridized carbons (Fsp3) is 0.300. The van der Waals surface area contributed by atoms with Gasteiger partial charge in [0.2, 0.25) is 0 Å². The molecule has 0 amide bonds. The second kappa shape index (κ2) is 4.94. The summed E-state index contributed by atoms with van der Waals surface area (Å²) in [5.41, 5.74) is 0.757. The summed E-state index contributed by atoms with van der Waals surface area (Å²) in [6.45, 7) is -0.406. The van der Waals surface area contributed by atoms with Crippen LogP contribution in [0, 0.1) is 11.3 Å². The molecule has 2 nitrogen and oxygen atoms in total. The minimum atomic E-state index is -2.43. The summed E-state index contributed by atoms with van der Waals surface area (Å²) in [5, 5.41) is 9.22. The lowest BCUT2D eigenvalue weighted by Gasteiger charge is -2.19. The van der Waals surface area contributed by atoms with Crippen LogP contribution in [0.15, 0.2) is 18.2 Å². The van der Waals surface area contributed by atoms with Crippen molar-refractivity contribution < 1.29 is 8.78 Å². The number of anilines is 1. The van der Waals surface area contributed by atoms with E-state index < -0.39 is 13.0 Å². The largest absolute Gasteiger partial charge is 0.368 e. The van der Waals surface area contributed by atoms with E-state index in [1.807, 2.05) is 6.07 Å². The maximum atomic E-state index is 12.1. The van der Waals surface area contributed by atoms with Crippen molar-refractivity contribution in [2.75, 3.05) is 18.5 Å². The fourth-order valence-corrected chi connectivity index (χ4v) is 1.41. The smallest absolute Gasteiger partial charge is 0.255 e. The number of alkyl halides is 2. The van der Waals surface area contributed by atoms with Crippen LogP contribution >= 0.6 is 11.6 Å². The monoisotopic (exact) mass is 230 g/mol. The molecule has 0 unspecified atom stereocenters. The number of hydrogen-bond acceptors (Lipinski definition) is 2. The first-order chi connectivity index (χ1) is 7.04. The van der Waals surface area contributed by atoms with Gasteiger partial charge < -0.3 is 4.90 Å². The second-order valence-electron chi connectivity index (χ2n) is 3.04. The molecule has 0 spiro atoms. The first-order valence-corrected chi connectivity index (χ1v) is 4.61. The summed E-state index contributed by atoms with van der Waals surface area (Å²) < 4.78 is 24.3. The van der Waals surface area contributed by atoms with Gasteiger partial charge in [-0.25, -0.2) is 8.78 Å². The van der Waals surface area contributed by atoms with Crippen LogP contribution in [0.5, 0.6) is 0 Å². The van der Waals surface area contributed by atoms with Gasteiger partial charge in [-0.05, 0) is 18.2 Å². The highest BCUT2D eigenvalue weighted by Gasteiger charge is 2.12. The van der Waals surface area contributed by atoms with Gasteiger partial charge in [0, 0.05) is 12.1 Å². The van der Waals surface area contributed by atoms with Crippen molar-refractivity contribution in [3.05, 3.63) is 28.8 Å². The molecule has 0 radical (unpaired) electrons. The van der Waals surface area contributed by atoms with Gasteiger partial charge in [0.05, 0.1) is 17.8 Å². The van der Waals surface area contributed by atoms with E-state index in [9.17, 15) is 8.78 Å². The number of nitrogens with zero attached hydrogens (tertiary/aromatic N) is 2. The number of hydrogen-bond donors (Lipinski definition) is 0. The molecule has 0 fully saturated rings. The van der Waals surface area contributed by atoms with E-state index in [0.29, 0.717) is 16.3 Å². The first-order valence-electron chi connectivity index (χ1n) is 4.23. The Morgan fingerprint density at radius 3 is 2.73 bits per heavy atom. The van der Waals surface area contributed by atoms with Crippen molar-refractivity contribution in [3.63, 3.8) is 0 Å². The Hall–Kier alpha value is -1.34. The number of nitriles is 1. The van der Waals surface area contributed by atoms with Gasteiger partial charge in [-0.2, -0.15) is 5.26 Å². The predicted octanol–water partition coefficient (Wildman–Crippen LogP) is 2.91. The van der Waals surface area contributed by atoms with Crippen molar-refractivity contribution in [1.29, 1.82) is 5.26 Å². The first kappa shape index (κ1) is 11.7. The standard InChI is InChI=1S/C10H9ClF2N2/c1-15(6-10(12)13)9-3-2-8(11)4-7(9)5-14/h2-4,10H,6H2,1H3. The normalized spacial score (nSPS) is 10.1. The molecule has 1 aromatic carbocycles. The summed E-state index contributed by atoms with van der Waals surface area (Å²) in [6, 6.07) is 6.50. The fourth-order valence-electron chi connectivity index (χ4n) is 1.24. The summed E-state index contributed by atoms with van der Waals surface area (Å²) in [6.07, 6.45) is -2.43. The molecule has 0 saturated heterocycles.